The number of carbonyl (C=O) groups is 1. The van der Waals surface area contributed by atoms with Gasteiger partial charge in [-0.3, -0.25) is 19.6 Å². The molecule has 0 aromatic heterocycles. The van der Waals surface area contributed by atoms with Gasteiger partial charge in [0.1, 0.15) is 11.4 Å². The lowest BCUT2D eigenvalue weighted by Crippen LogP contribution is -2.13. The fourth-order valence-electron chi connectivity index (χ4n) is 1.99. The van der Waals surface area contributed by atoms with Crippen molar-refractivity contribution in [2.75, 3.05) is 16.3 Å². The van der Waals surface area contributed by atoms with E-state index < -0.39 is 26.5 Å². The maximum Gasteiger partial charge on any atom is 0.296 e. The molecule has 0 unspecified atom stereocenters. The molecule has 1 amide bonds. The van der Waals surface area contributed by atoms with Crippen molar-refractivity contribution in [3.05, 3.63) is 52.6 Å². The molecule has 0 fully saturated rings. The second-order valence-electron chi connectivity index (χ2n) is 5.09. The van der Waals surface area contributed by atoms with Crippen molar-refractivity contribution < 1.29 is 22.9 Å². The topological polar surface area (TPSA) is 128 Å². The molecule has 0 heterocycles. The summed E-state index contributed by atoms with van der Waals surface area (Å²) in [6.07, 6.45) is 0.929. The Balaban J connectivity index is 2.59. The standard InChI is InChI=1S/C15H15N3O6S/c1-10(19)16-12-8-13(17-25(2,22)23)15(9-14(12)18(20)21)24-11-6-4-3-5-7-11/h3-9,17H,1-2H3,(H,16,19). The molecule has 2 aromatic carbocycles. The predicted molar refractivity (Wildman–Crippen MR) is 92.4 cm³/mol. The highest BCUT2D eigenvalue weighted by Crippen LogP contribution is 2.39. The summed E-state index contributed by atoms with van der Waals surface area (Å²) in [4.78, 5) is 21.8. The van der Waals surface area contributed by atoms with Crippen LogP contribution in [0.2, 0.25) is 0 Å². The van der Waals surface area contributed by atoms with Crippen LogP contribution in [0.25, 0.3) is 0 Å². The molecule has 0 spiro atoms. The molecule has 132 valence electrons. The Morgan fingerprint density at radius 1 is 1.16 bits per heavy atom. The van der Waals surface area contributed by atoms with Crippen molar-refractivity contribution in [2.45, 2.75) is 6.92 Å². The number of hydrogen-bond donors (Lipinski definition) is 2. The minimum Gasteiger partial charge on any atom is -0.455 e. The Bertz CT molecular complexity index is 912. The maximum atomic E-state index is 11.6. The van der Waals surface area contributed by atoms with Crippen LogP contribution in [0, 0.1) is 10.1 Å². The number of rotatable bonds is 6. The third-order valence-electron chi connectivity index (χ3n) is 2.87. The number of benzene rings is 2. The van der Waals surface area contributed by atoms with Gasteiger partial charge in [0, 0.05) is 6.92 Å². The largest absolute Gasteiger partial charge is 0.455 e. The van der Waals surface area contributed by atoms with Crippen molar-refractivity contribution >= 4 is 33.0 Å². The Kier molecular flexibility index (Phi) is 5.22. The van der Waals surface area contributed by atoms with E-state index >= 15 is 0 Å². The second-order valence-corrected chi connectivity index (χ2v) is 6.84. The monoisotopic (exact) mass is 365 g/mol. The van der Waals surface area contributed by atoms with Crippen LogP contribution < -0.4 is 14.8 Å². The molecule has 0 aliphatic rings. The average Bonchev–Trinajstić information content (AvgIpc) is 2.48. The van der Waals surface area contributed by atoms with Gasteiger partial charge in [-0.05, 0) is 18.2 Å². The molecule has 2 aromatic rings. The van der Waals surface area contributed by atoms with Crippen LogP contribution in [0.1, 0.15) is 6.92 Å². The first-order valence-corrected chi connectivity index (χ1v) is 8.85. The quantitative estimate of drug-likeness (QED) is 0.598. The maximum absolute atomic E-state index is 11.6. The van der Waals surface area contributed by atoms with E-state index in [0.717, 1.165) is 18.4 Å². The number of carbonyl (C=O) groups excluding carboxylic acids is 1. The van der Waals surface area contributed by atoms with Gasteiger partial charge in [0.2, 0.25) is 15.9 Å². The van der Waals surface area contributed by atoms with Gasteiger partial charge in [-0.15, -0.1) is 0 Å². The van der Waals surface area contributed by atoms with Gasteiger partial charge in [-0.1, -0.05) is 18.2 Å². The summed E-state index contributed by atoms with van der Waals surface area (Å²) in [6, 6.07) is 10.5. The fraction of sp³-hybridized carbons (Fsp3) is 0.133. The fourth-order valence-corrected chi connectivity index (χ4v) is 2.55. The van der Waals surface area contributed by atoms with Gasteiger partial charge in [0.05, 0.1) is 22.9 Å². The third-order valence-corrected chi connectivity index (χ3v) is 3.46. The van der Waals surface area contributed by atoms with E-state index in [1.54, 1.807) is 30.3 Å². The molecular formula is C15H15N3O6S. The molecule has 25 heavy (non-hydrogen) atoms. The van der Waals surface area contributed by atoms with Crippen molar-refractivity contribution in [3.63, 3.8) is 0 Å². The average molecular weight is 365 g/mol. The van der Waals surface area contributed by atoms with Crippen molar-refractivity contribution in [2.24, 2.45) is 0 Å². The lowest BCUT2D eigenvalue weighted by atomic mass is 10.2. The van der Waals surface area contributed by atoms with E-state index in [2.05, 4.69) is 10.0 Å². The minimum atomic E-state index is -3.68. The van der Waals surface area contributed by atoms with Gasteiger partial charge in [0.15, 0.2) is 5.75 Å². The van der Waals surface area contributed by atoms with Crippen molar-refractivity contribution in [3.8, 4) is 11.5 Å². The summed E-state index contributed by atoms with van der Waals surface area (Å²) < 4.78 is 30.9. The van der Waals surface area contributed by atoms with Crippen molar-refractivity contribution in [1.29, 1.82) is 0 Å². The first-order chi connectivity index (χ1) is 11.7. The number of anilines is 2. The summed E-state index contributed by atoms with van der Waals surface area (Å²) in [6.45, 7) is 1.18. The first kappa shape index (κ1) is 18.2. The molecule has 0 atom stereocenters. The van der Waals surface area contributed by atoms with Crippen LogP contribution in [-0.4, -0.2) is 25.5 Å². The molecule has 9 nitrogen and oxygen atoms in total. The molecule has 0 aliphatic carbocycles. The molecule has 0 radical (unpaired) electrons. The van der Waals surface area contributed by atoms with E-state index in [1.165, 1.54) is 6.92 Å². The Morgan fingerprint density at radius 3 is 2.32 bits per heavy atom. The van der Waals surface area contributed by atoms with Crippen molar-refractivity contribution in [1.82, 2.24) is 0 Å². The number of hydrogen-bond acceptors (Lipinski definition) is 6. The SMILES string of the molecule is CC(=O)Nc1cc(NS(C)(=O)=O)c(Oc2ccccc2)cc1[N+](=O)[O-]. The number of nitrogens with zero attached hydrogens (tertiary/aromatic N) is 1. The van der Waals surface area contributed by atoms with Crippen LogP contribution in [0.4, 0.5) is 17.1 Å². The van der Waals surface area contributed by atoms with Gasteiger partial charge in [-0.25, -0.2) is 8.42 Å². The number of nitro groups is 1. The molecule has 2 N–H and O–H groups in total. The number of ether oxygens (including phenoxy) is 1. The normalized spacial score (nSPS) is 10.8. The Morgan fingerprint density at radius 2 is 1.80 bits per heavy atom. The second kappa shape index (κ2) is 7.18. The summed E-state index contributed by atoms with van der Waals surface area (Å²) in [5.41, 5.74) is -0.620. The number of amides is 1. The lowest BCUT2D eigenvalue weighted by molar-refractivity contribution is -0.384. The summed E-state index contributed by atoms with van der Waals surface area (Å²) in [7, 11) is -3.68. The zero-order chi connectivity index (χ0) is 18.6. The zero-order valence-corrected chi connectivity index (χ0v) is 14.2. The molecule has 0 saturated carbocycles. The minimum absolute atomic E-state index is 0.0410. The lowest BCUT2D eigenvalue weighted by Gasteiger charge is -2.14. The van der Waals surface area contributed by atoms with E-state index in [9.17, 15) is 23.3 Å². The first-order valence-electron chi connectivity index (χ1n) is 6.96. The number of sulfonamides is 1. The molecule has 2 rings (SSSR count). The third kappa shape index (κ3) is 5.18. The predicted octanol–water partition coefficient (Wildman–Crippen LogP) is 2.72. The molecule has 0 aliphatic heterocycles. The van der Waals surface area contributed by atoms with Gasteiger partial charge in [-0.2, -0.15) is 0 Å². The van der Waals surface area contributed by atoms with Crippen LogP contribution >= 0.6 is 0 Å². The number of para-hydroxylation sites is 1. The highest BCUT2D eigenvalue weighted by Gasteiger charge is 2.22. The Labute approximate surface area is 143 Å². The Hall–Kier alpha value is -3.14. The van der Waals surface area contributed by atoms with E-state index in [4.69, 9.17) is 4.74 Å². The number of nitrogens with one attached hydrogen (secondary N) is 2. The van der Waals surface area contributed by atoms with Crippen LogP contribution in [-0.2, 0) is 14.8 Å². The summed E-state index contributed by atoms with van der Waals surface area (Å²) >= 11 is 0. The molecule has 0 saturated heterocycles. The van der Waals surface area contributed by atoms with E-state index in [1.807, 2.05) is 0 Å². The van der Waals surface area contributed by atoms with E-state index in [-0.39, 0.29) is 17.1 Å². The highest BCUT2D eigenvalue weighted by atomic mass is 32.2. The molecule has 10 heteroatoms. The van der Waals surface area contributed by atoms with Crippen LogP contribution in [0.5, 0.6) is 11.5 Å². The number of nitro benzene ring substituents is 1. The summed E-state index contributed by atoms with van der Waals surface area (Å²) in [5.74, 6) is -0.247. The van der Waals surface area contributed by atoms with Crippen LogP contribution in [0.3, 0.4) is 0 Å². The van der Waals surface area contributed by atoms with Gasteiger partial charge < -0.3 is 10.1 Å². The van der Waals surface area contributed by atoms with Gasteiger partial charge >= 0.3 is 0 Å². The van der Waals surface area contributed by atoms with Crippen LogP contribution in [0.15, 0.2) is 42.5 Å². The smallest absolute Gasteiger partial charge is 0.296 e. The summed E-state index contributed by atoms with van der Waals surface area (Å²) in [5, 5.41) is 13.6. The molecule has 0 bridgehead atoms. The zero-order valence-electron chi connectivity index (χ0n) is 13.3. The molecular weight excluding hydrogens is 350 g/mol. The van der Waals surface area contributed by atoms with Gasteiger partial charge in [0.25, 0.3) is 5.69 Å². The van der Waals surface area contributed by atoms with E-state index in [0.29, 0.717) is 5.75 Å². The highest BCUT2D eigenvalue weighted by molar-refractivity contribution is 7.92.